The highest BCUT2D eigenvalue weighted by Gasteiger charge is 2.09. The van der Waals surface area contributed by atoms with Crippen molar-refractivity contribution in [2.24, 2.45) is 0 Å². The van der Waals surface area contributed by atoms with Gasteiger partial charge in [-0.05, 0) is 52.9 Å². The molecule has 2 aromatic heterocycles. The Morgan fingerprint density at radius 3 is 2.32 bits per heavy atom. The molecule has 93 valence electrons. The summed E-state index contributed by atoms with van der Waals surface area (Å²) >= 11 is 7.55. The predicted molar refractivity (Wildman–Crippen MR) is 82.5 cm³/mol. The van der Waals surface area contributed by atoms with E-state index in [9.17, 15) is 0 Å². The van der Waals surface area contributed by atoms with E-state index in [1.807, 2.05) is 24.3 Å². The molecule has 3 rings (SSSR count). The fourth-order valence-electron chi connectivity index (χ4n) is 2.11. The Bertz CT molecular complexity index is 704. The largest absolute Gasteiger partial charge is 0.265 e. The van der Waals surface area contributed by atoms with Gasteiger partial charge in [-0.3, -0.25) is 4.98 Å². The fourth-order valence-corrected chi connectivity index (χ4v) is 2.99. The van der Waals surface area contributed by atoms with Gasteiger partial charge in [-0.25, -0.2) is 0 Å². The average Bonchev–Trinajstić information content (AvgIpc) is 2.86. The third kappa shape index (κ3) is 2.42. The summed E-state index contributed by atoms with van der Waals surface area (Å²) in [6, 6.07) is 12.2. The van der Waals surface area contributed by atoms with Crippen LogP contribution in [0.5, 0.6) is 0 Å². The zero-order valence-corrected chi connectivity index (χ0v) is 11.7. The van der Waals surface area contributed by atoms with Gasteiger partial charge in [-0.15, -0.1) is 11.3 Å². The van der Waals surface area contributed by atoms with Gasteiger partial charge in [0, 0.05) is 17.8 Å². The molecule has 0 spiro atoms. The molecular formula is C16H11ClNS. The van der Waals surface area contributed by atoms with Gasteiger partial charge in [0.1, 0.15) is 0 Å². The molecule has 3 heteroatoms. The van der Waals surface area contributed by atoms with Crippen LogP contribution in [-0.4, -0.2) is 4.98 Å². The van der Waals surface area contributed by atoms with Crippen LogP contribution in [0, 0.1) is 6.92 Å². The minimum Gasteiger partial charge on any atom is -0.265 e. The third-order valence-electron chi connectivity index (χ3n) is 3.05. The molecule has 0 aliphatic carbocycles. The molecule has 19 heavy (non-hydrogen) atoms. The Hall–Kier alpha value is -1.64. The highest BCUT2D eigenvalue weighted by Crippen LogP contribution is 2.34. The van der Waals surface area contributed by atoms with Gasteiger partial charge >= 0.3 is 0 Å². The second-order valence-corrected chi connectivity index (χ2v) is 5.75. The molecular weight excluding hydrogens is 274 g/mol. The zero-order chi connectivity index (χ0) is 13.2. The number of benzene rings is 1. The van der Waals surface area contributed by atoms with Crippen LogP contribution >= 0.6 is 22.9 Å². The Kier molecular flexibility index (Phi) is 3.36. The van der Waals surface area contributed by atoms with Crippen molar-refractivity contribution in [1.82, 2.24) is 4.98 Å². The normalized spacial score (nSPS) is 10.6. The number of aromatic nitrogens is 1. The van der Waals surface area contributed by atoms with Crippen molar-refractivity contribution in [3.05, 3.63) is 71.0 Å². The summed E-state index contributed by atoms with van der Waals surface area (Å²) in [6.07, 6.45) is 3.59. The fraction of sp³-hybridized carbons (Fsp3) is 0. The summed E-state index contributed by atoms with van der Waals surface area (Å²) in [4.78, 5) is 4.05. The number of rotatable bonds is 2. The molecule has 3 aromatic rings. The van der Waals surface area contributed by atoms with Crippen molar-refractivity contribution in [2.75, 3.05) is 0 Å². The van der Waals surface area contributed by atoms with E-state index >= 15 is 0 Å². The van der Waals surface area contributed by atoms with Gasteiger partial charge in [-0.1, -0.05) is 29.8 Å². The van der Waals surface area contributed by atoms with Crippen molar-refractivity contribution in [3.63, 3.8) is 0 Å². The minimum absolute atomic E-state index is 0.795. The molecule has 0 saturated heterocycles. The van der Waals surface area contributed by atoms with Gasteiger partial charge in [0.05, 0.1) is 4.34 Å². The monoisotopic (exact) mass is 284 g/mol. The first kappa shape index (κ1) is 12.4. The van der Waals surface area contributed by atoms with E-state index in [-0.39, 0.29) is 0 Å². The lowest BCUT2D eigenvalue weighted by molar-refractivity contribution is 1.33. The first-order valence-corrected chi connectivity index (χ1v) is 7.11. The van der Waals surface area contributed by atoms with E-state index in [4.69, 9.17) is 11.6 Å². The molecule has 0 saturated carbocycles. The van der Waals surface area contributed by atoms with Crippen LogP contribution in [-0.2, 0) is 0 Å². The van der Waals surface area contributed by atoms with Crippen LogP contribution in [0.15, 0.2) is 54.2 Å². The van der Waals surface area contributed by atoms with Crippen molar-refractivity contribution in [3.8, 4) is 22.3 Å². The highest BCUT2D eigenvalue weighted by molar-refractivity contribution is 7.14. The van der Waals surface area contributed by atoms with Crippen LogP contribution in [0.3, 0.4) is 0 Å². The molecule has 0 bridgehead atoms. The lowest BCUT2D eigenvalue weighted by atomic mass is 9.94. The lowest BCUT2D eigenvalue weighted by Gasteiger charge is -2.10. The molecule has 0 atom stereocenters. The van der Waals surface area contributed by atoms with Crippen LogP contribution in [0.2, 0.25) is 4.34 Å². The second kappa shape index (κ2) is 5.16. The number of hydrogen-bond donors (Lipinski definition) is 0. The maximum absolute atomic E-state index is 6.01. The molecule has 1 aromatic carbocycles. The maximum Gasteiger partial charge on any atom is 0.0934 e. The van der Waals surface area contributed by atoms with Crippen LogP contribution in [0.25, 0.3) is 22.3 Å². The van der Waals surface area contributed by atoms with Crippen molar-refractivity contribution in [1.29, 1.82) is 0 Å². The predicted octanol–water partition coefficient (Wildman–Crippen LogP) is 5.31. The molecule has 1 radical (unpaired) electrons. The molecule has 0 fully saturated rings. The van der Waals surface area contributed by atoms with Crippen LogP contribution < -0.4 is 0 Å². The van der Waals surface area contributed by atoms with E-state index in [1.165, 1.54) is 11.3 Å². The van der Waals surface area contributed by atoms with Gasteiger partial charge in [0.25, 0.3) is 0 Å². The highest BCUT2D eigenvalue weighted by atomic mass is 35.5. The first-order chi connectivity index (χ1) is 9.25. The van der Waals surface area contributed by atoms with E-state index in [2.05, 4.69) is 29.4 Å². The summed E-state index contributed by atoms with van der Waals surface area (Å²) in [7, 11) is 0. The van der Waals surface area contributed by atoms with Crippen LogP contribution in [0.1, 0.15) is 5.56 Å². The molecule has 0 aliphatic heterocycles. The molecule has 2 heterocycles. The Morgan fingerprint density at radius 2 is 1.68 bits per heavy atom. The SMILES string of the molecule is [CH2]c1c(-c2ccncc2)cccc1-c1csc(Cl)c1. The topological polar surface area (TPSA) is 12.9 Å². The van der Waals surface area contributed by atoms with Crippen molar-refractivity contribution in [2.45, 2.75) is 0 Å². The summed E-state index contributed by atoms with van der Waals surface area (Å²) in [5.74, 6) is 0. The number of hydrogen-bond acceptors (Lipinski definition) is 2. The maximum atomic E-state index is 6.01. The Morgan fingerprint density at radius 1 is 1.00 bits per heavy atom. The van der Waals surface area contributed by atoms with Gasteiger partial charge in [0.15, 0.2) is 0 Å². The quantitative estimate of drug-likeness (QED) is 0.621. The van der Waals surface area contributed by atoms with Gasteiger partial charge in [-0.2, -0.15) is 0 Å². The lowest BCUT2D eigenvalue weighted by Crippen LogP contribution is -1.87. The van der Waals surface area contributed by atoms with Gasteiger partial charge < -0.3 is 0 Å². The zero-order valence-electron chi connectivity index (χ0n) is 10.1. The third-order valence-corrected chi connectivity index (χ3v) is 4.14. The summed E-state index contributed by atoms with van der Waals surface area (Å²) < 4.78 is 0.795. The average molecular weight is 285 g/mol. The number of nitrogens with zero attached hydrogens (tertiary/aromatic N) is 1. The molecule has 0 unspecified atom stereocenters. The Labute approximate surface area is 121 Å². The van der Waals surface area contributed by atoms with E-state index in [0.717, 1.165) is 32.2 Å². The molecule has 1 nitrogen and oxygen atoms in total. The van der Waals surface area contributed by atoms with E-state index < -0.39 is 0 Å². The minimum atomic E-state index is 0.795. The molecule has 0 N–H and O–H groups in total. The number of halogens is 1. The number of thiophene rings is 1. The second-order valence-electron chi connectivity index (χ2n) is 4.21. The van der Waals surface area contributed by atoms with E-state index in [0.29, 0.717) is 0 Å². The smallest absolute Gasteiger partial charge is 0.0934 e. The summed E-state index contributed by atoms with van der Waals surface area (Å²) in [5, 5.41) is 2.06. The number of pyridine rings is 1. The van der Waals surface area contributed by atoms with Crippen molar-refractivity contribution >= 4 is 22.9 Å². The standard InChI is InChI=1S/C16H11ClNS/c1-11-14(12-5-7-18-8-6-12)3-2-4-15(11)13-9-16(17)19-10-13/h2-10H,1H2. The molecule has 0 aliphatic rings. The van der Waals surface area contributed by atoms with Crippen LogP contribution in [0.4, 0.5) is 0 Å². The van der Waals surface area contributed by atoms with Gasteiger partial charge in [0.2, 0.25) is 0 Å². The van der Waals surface area contributed by atoms with E-state index in [1.54, 1.807) is 12.4 Å². The first-order valence-electron chi connectivity index (χ1n) is 5.85. The Balaban J connectivity index is 2.14. The molecule has 0 amide bonds. The summed E-state index contributed by atoms with van der Waals surface area (Å²) in [6.45, 7) is 4.22. The summed E-state index contributed by atoms with van der Waals surface area (Å²) in [5.41, 5.74) is 5.52. The van der Waals surface area contributed by atoms with Crippen molar-refractivity contribution < 1.29 is 0 Å².